The molecule has 0 aliphatic heterocycles. The molecule has 2 heterocycles. The first-order valence-electron chi connectivity index (χ1n) is 6.64. The lowest BCUT2D eigenvalue weighted by atomic mass is 10.5. The zero-order valence-electron chi connectivity index (χ0n) is 13.4. The number of hydrogen-bond donors (Lipinski definition) is 2. The number of aromatic nitrogens is 4. The predicted molar refractivity (Wildman–Crippen MR) is 85.1 cm³/mol. The smallest absolute Gasteiger partial charge is 0.315 e. The summed E-state index contributed by atoms with van der Waals surface area (Å²) in [6, 6.07) is 1.57. The lowest BCUT2D eigenvalue weighted by Crippen LogP contribution is -2.09. The fourth-order valence-electron chi connectivity index (χ4n) is 1.68. The molecule has 1 amide bonds. The number of nitrogens with zero attached hydrogens (tertiary/aromatic N) is 4. The van der Waals surface area contributed by atoms with E-state index in [1.807, 2.05) is 0 Å². The average molecular weight is 354 g/mol. The molecule has 0 atom stereocenters. The van der Waals surface area contributed by atoms with Crippen LogP contribution in [0.1, 0.15) is 6.92 Å². The first kappa shape index (κ1) is 17.7. The van der Waals surface area contributed by atoms with Gasteiger partial charge in [-0.1, -0.05) is 0 Å². The molecule has 0 aliphatic rings. The van der Waals surface area contributed by atoms with Crippen molar-refractivity contribution in [3.63, 3.8) is 0 Å². The summed E-state index contributed by atoms with van der Waals surface area (Å²) in [6.07, 6.45) is -0.975. The van der Waals surface area contributed by atoms with E-state index in [9.17, 15) is 9.18 Å². The summed E-state index contributed by atoms with van der Waals surface area (Å²) in [5.74, 6) is 0.502. The Bertz CT molecular complexity index is 735. The Morgan fingerprint density at radius 2 is 1.71 bits per heavy atom. The molecule has 11 heteroatoms. The Balaban J connectivity index is 2.45. The van der Waals surface area contributed by atoms with Gasteiger partial charge in [0, 0.05) is 20.0 Å². The van der Waals surface area contributed by atoms with Crippen molar-refractivity contribution in [1.29, 1.82) is 0 Å². The van der Waals surface area contributed by atoms with Gasteiger partial charge in [-0.2, -0.15) is 14.4 Å². The number of nitrogens with one attached hydrogen (secondary N) is 2. The van der Waals surface area contributed by atoms with Crippen LogP contribution in [0.3, 0.4) is 0 Å². The van der Waals surface area contributed by atoms with Crippen molar-refractivity contribution >= 4 is 29.3 Å². The molecule has 128 valence electrons. The van der Waals surface area contributed by atoms with Crippen molar-refractivity contribution < 1.29 is 18.7 Å². The third-order valence-electron chi connectivity index (χ3n) is 2.62. The molecule has 0 fully saturated rings. The quantitative estimate of drug-likeness (QED) is 0.747. The first-order valence-corrected chi connectivity index (χ1v) is 7.46. The van der Waals surface area contributed by atoms with Crippen molar-refractivity contribution in [2.24, 2.45) is 0 Å². The highest BCUT2D eigenvalue weighted by atomic mass is 32.2. The van der Waals surface area contributed by atoms with Gasteiger partial charge < -0.3 is 20.1 Å². The number of methoxy groups -OCH3 is 2. The molecule has 0 saturated heterocycles. The van der Waals surface area contributed by atoms with Gasteiger partial charge in [0.2, 0.25) is 17.7 Å². The van der Waals surface area contributed by atoms with Crippen LogP contribution in [0, 0.1) is 6.08 Å². The van der Waals surface area contributed by atoms with Crippen LogP contribution in [0.25, 0.3) is 0 Å². The van der Waals surface area contributed by atoms with Crippen LogP contribution in [0.15, 0.2) is 16.1 Å². The van der Waals surface area contributed by atoms with Crippen LogP contribution in [0.4, 0.5) is 16.0 Å². The summed E-state index contributed by atoms with van der Waals surface area (Å²) in [5.41, 5.74) is 0. The molecule has 24 heavy (non-hydrogen) atoms. The van der Waals surface area contributed by atoms with E-state index < -0.39 is 6.08 Å². The number of hydrogen-bond acceptors (Lipinski definition) is 9. The largest absolute Gasteiger partial charge is 0.480 e. The molecular formula is C13H15FN6O3S. The summed E-state index contributed by atoms with van der Waals surface area (Å²) < 4.78 is 23.5. The highest BCUT2D eigenvalue weighted by molar-refractivity contribution is 7.99. The molecular weight excluding hydrogens is 339 g/mol. The summed E-state index contributed by atoms with van der Waals surface area (Å²) in [6.45, 7) is 1.37. The molecule has 0 spiro atoms. The van der Waals surface area contributed by atoms with Gasteiger partial charge in [0.25, 0.3) is 0 Å². The topological polar surface area (TPSA) is 111 Å². The van der Waals surface area contributed by atoms with E-state index in [1.165, 1.54) is 21.1 Å². The monoisotopic (exact) mass is 354 g/mol. The lowest BCUT2D eigenvalue weighted by Gasteiger charge is -2.11. The summed E-state index contributed by atoms with van der Waals surface area (Å²) in [4.78, 5) is 27.1. The van der Waals surface area contributed by atoms with Gasteiger partial charge in [0.1, 0.15) is 16.5 Å². The number of amides is 1. The fraction of sp³-hybridized carbons (Fsp3) is 0.308. The minimum absolute atomic E-state index is 0.0103. The van der Waals surface area contributed by atoms with Crippen LogP contribution >= 0.6 is 11.8 Å². The van der Waals surface area contributed by atoms with E-state index in [2.05, 4.69) is 30.6 Å². The van der Waals surface area contributed by atoms with E-state index in [1.54, 1.807) is 13.1 Å². The molecule has 0 saturated carbocycles. The Morgan fingerprint density at radius 3 is 2.21 bits per heavy atom. The van der Waals surface area contributed by atoms with Crippen molar-refractivity contribution in [2.75, 3.05) is 31.9 Å². The second kappa shape index (κ2) is 7.73. The predicted octanol–water partition coefficient (Wildman–Crippen LogP) is 1.57. The van der Waals surface area contributed by atoms with Gasteiger partial charge in [-0.15, -0.1) is 0 Å². The van der Waals surface area contributed by atoms with Gasteiger partial charge in [-0.25, -0.2) is 9.97 Å². The van der Waals surface area contributed by atoms with E-state index in [0.717, 1.165) is 11.8 Å². The number of rotatable bonds is 6. The fourth-order valence-corrected chi connectivity index (χ4v) is 2.59. The summed E-state index contributed by atoms with van der Waals surface area (Å²) >= 11 is 1.01. The van der Waals surface area contributed by atoms with Crippen LogP contribution < -0.4 is 20.1 Å². The Labute approximate surface area is 141 Å². The Hall–Kier alpha value is -2.69. The summed E-state index contributed by atoms with van der Waals surface area (Å²) in [7, 11) is 4.37. The molecule has 0 radical (unpaired) electrons. The highest BCUT2D eigenvalue weighted by Crippen LogP contribution is 2.38. The second-order valence-corrected chi connectivity index (χ2v) is 5.27. The second-order valence-electron chi connectivity index (χ2n) is 4.29. The number of ether oxygens (including phenoxy) is 2. The van der Waals surface area contributed by atoms with Crippen molar-refractivity contribution in [3.05, 3.63) is 12.1 Å². The van der Waals surface area contributed by atoms with Crippen molar-refractivity contribution in [3.8, 4) is 11.8 Å². The summed E-state index contributed by atoms with van der Waals surface area (Å²) in [5, 5.41) is 5.70. The molecule has 2 aromatic rings. The van der Waals surface area contributed by atoms with E-state index in [0.29, 0.717) is 16.5 Å². The van der Waals surface area contributed by atoms with E-state index >= 15 is 0 Å². The van der Waals surface area contributed by atoms with Crippen LogP contribution in [-0.2, 0) is 4.79 Å². The zero-order valence-corrected chi connectivity index (χ0v) is 14.2. The third kappa shape index (κ3) is 4.19. The third-order valence-corrected chi connectivity index (χ3v) is 3.54. The molecule has 9 nitrogen and oxygen atoms in total. The lowest BCUT2D eigenvalue weighted by molar-refractivity contribution is -0.114. The molecule has 0 aliphatic carbocycles. The van der Waals surface area contributed by atoms with Gasteiger partial charge in [-0.05, 0) is 11.8 Å². The molecule has 0 aromatic carbocycles. The first-order chi connectivity index (χ1) is 11.5. The minimum Gasteiger partial charge on any atom is -0.480 e. The Morgan fingerprint density at radius 1 is 1.12 bits per heavy atom. The maximum Gasteiger partial charge on any atom is 0.315 e. The van der Waals surface area contributed by atoms with Gasteiger partial charge >= 0.3 is 6.08 Å². The van der Waals surface area contributed by atoms with Gasteiger partial charge in [0.05, 0.1) is 14.2 Å². The number of carbonyl (C=O) groups is 1. The van der Waals surface area contributed by atoms with Crippen LogP contribution in [0.5, 0.6) is 11.8 Å². The standard InChI is InChI=1S/C13H15FN6O3S/c1-6(21)16-8-5-7(15-2)17-13(18-8)24-9-10(22-3)19-12(14)20-11(9)23-4/h5H,1-4H3,(H2,15,16,17,18,21). The molecule has 2 N–H and O–H groups in total. The number of carbonyl (C=O) groups excluding carboxylic acids is 1. The number of halogens is 1. The van der Waals surface area contributed by atoms with Crippen LogP contribution in [-0.4, -0.2) is 47.1 Å². The molecule has 2 aromatic heterocycles. The highest BCUT2D eigenvalue weighted by Gasteiger charge is 2.19. The van der Waals surface area contributed by atoms with Crippen molar-refractivity contribution in [2.45, 2.75) is 17.0 Å². The average Bonchev–Trinajstić information content (AvgIpc) is 2.54. The molecule has 2 rings (SSSR count). The maximum atomic E-state index is 13.4. The van der Waals surface area contributed by atoms with Crippen LogP contribution in [0.2, 0.25) is 0 Å². The van der Waals surface area contributed by atoms with E-state index in [4.69, 9.17) is 9.47 Å². The molecule has 0 bridgehead atoms. The SMILES string of the molecule is CNc1cc(NC(C)=O)nc(Sc2c(OC)nc(F)nc2OC)n1. The van der Waals surface area contributed by atoms with E-state index in [-0.39, 0.29) is 22.8 Å². The molecule has 0 unspecified atom stereocenters. The van der Waals surface area contributed by atoms with Gasteiger partial charge in [0.15, 0.2) is 5.16 Å². The minimum atomic E-state index is -0.975. The zero-order chi connectivity index (χ0) is 17.7. The van der Waals surface area contributed by atoms with Crippen molar-refractivity contribution in [1.82, 2.24) is 19.9 Å². The normalized spacial score (nSPS) is 10.2. The maximum absolute atomic E-state index is 13.4. The Kier molecular flexibility index (Phi) is 5.68. The van der Waals surface area contributed by atoms with Gasteiger partial charge in [-0.3, -0.25) is 4.79 Å². The number of anilines is 2.